The van der Waals surface area contributed by atoms with Crippen LogP contribution in [0.3, 0.4) is 0 Å². The van der Waals surface area contributed by atoms with E-state index in [2.05, 4.69) is 15.2 Å². The van der Waals surface area contributed by atoms with Crippen molar-refractivity contribution < 1.29 is 0 Å². The van der Waals surface area contributed by atoms with Crippen molar-refractivity contribution in [3.8, 4) is 39.6 Å². The minimum atomic E-state index is -0.529. The molecule has 2 N–H and O–H groups in total. The van der Waals surface area contributed by atoms with Crippen molar-refractivity contribution in [1.82, 2.24) is 15.2 Å². The van der Waals surface area contributed by atoms with E-state index in [-0.39, 0.29) is 16.7 Å². The first-order valence-corrected chi connectivity index (χ1v) is 8.98. The number of hydrogen-bond acceptors (Lipinski definition) is 4. The van der Waals surface area contributed by atoms with Crippen LogP contribution in [0.4, 0.5) is 0 Å². The van der Waals surface area contributed by atoms with Crippen LogP contribution in [0.15, 0.2) is 76.3 Å². The smallest absolute Gasteiger partial charge is 0.272 e. The Kier molecular flexibility index (Phi) is 4.63. The summed E-state index contributed by atoms with van der Waals surface area (Å²) in [4.78, 5) is 27.9. The highest BCUT2D eigenvalue weighted by molar-refractivity contribution is 5.93. The lowest BCUT2D eigenvalue weighted by atomic mass is 9.90. The molecular weight excluding hydrogens is 364 g/mol. The maximum Gasteiger partial charge on any atom is 0.272 e. The topological polar surface area (TPSA) is 102 Å². The maximum atomic E-state index is 12.9. The molecule has 0 bridgehead atoms. The summed E-state index contributed by atoms with van der Waals surface area (Å²) in [5.74, 6) is 0. The SMILES string of the molecule is Cc1cc(-c2c(-c3ccccc3)c(-c3ccccc3)n[nH]c2=O)c(C#N)c(=O)[nH]1. The molecule has 0 spiro atoms. The molecule has 0 atom stereocenters. The molecule has 6 nitrogen and oxygen atoms in total. The molecule has 0 unspecified atom stereocenters. The van der Waals surface area contributed by atoms with E-state index in [1.54, 1.807) is 13.0 Å². The van der Waals surface area contributed by atoms with Gasteiger partial charge in [0.05, 0.1) is 11.3 Å². The fourth-order valence-corrected chi connectivity index (χ4v) is 3.39. The van der Waals surface area contributed by atoms with Gasteiger partial charge in [0.15, 0.2) is 0 Å². The van der Waals surface area contributed by atoms with Gasteiger partial charge in [-0.05, 0) is 18.6 Å². The van der Waals surface area contributed by atoms with Crippen molar-refractivity contribution in [2.45, 2.75) is 6.92 Å². The molecule has 0 aliphatic carbocycles. The van der Waals surface area contributed by atoms with Crippen LogP contribution in [0.25, 0.3) is 33.5 Å². The predicted molar refractivity (Wildman–Crippen MR) is 111 cm³/mol. The van der Waals surface area contributed by atoms with Gasteiger partial charge in [0.1, 0.15) is 11.6 Å². The number of benzene rings is 2. The van der Waals surface area contributed by atoms with Crippen LogP contribution in [0.5, 0.6) is 0 Å². The minimum absolute atomic E-state index is 0.108. The Morgan fingerprint density at radius 1 is 0.862 bits per heavy atom. The fraction of sp³-hybridized carbons (Fsp3) is 0.0435. The van der Waals surface area contributed by atoms with E-state index >= 15 is 0 Å². The lowest BCUT2D eigenvalue weighted by Gasteiger charge is -2.15. The second kappa shape index (κ2) is 7.41. The highest BCUT2D eigenvalue weighted by Gasteiger charge is 2.22. The zero-order valence-electron chi connectivity index (χ0n) is 15.6. The van der Waals surface area contributed by atoms with Gasteiger partial charge in [0.25, 0.3) is 11.1 Å². The Morgan fingerprint density at radius 3 is 2.10 bits per heavy atom. The van der Waals surface area contributed by atoms with Crippen molar-refractivity contribution in [2.24, 2.45) is 0 Å². The van der Waals surface area contributed by atoms with Crippen molar-refractivity contribution in [2.75, 3.05) is 0 Å². The average molecular weight is 380 g/mol. The Morgan fingerprint density at radius 2 is 1.48 bits per heavy atom. The molecule has 0 radical (unpaired) electrons. The van der Waals surface area contributed by atoms with E-state index < -0.39 is 11.1 Å². The number of nitrogens with one attached hydrogen (secondary N) is 2. The molecule has 0 aliphatic rings. The van der Waals surface area contributed by atoms with Gasteiger partial charge in [0, 0.05) is 22.4 Å². The second-order valence-corrected chi connectivity index (χ2v) is 6.57. The zero-order valence-corrected chi connectivity index (χ0v) is 15.6. The van der Waals surface area contributed by atoms with Crippen LogP contribution in [-0.4, -0.2) is 15.2 Å². The van der Waals surface area contributed by atoms with E-state index in [0.717, 1.165) is 11.1 Å². The van der Waals surface area contributed by atoms with Crippen molar-refractivity contribution in [3.63, 3.8) is 0 Å². The Balaban J connectivity index is 2.18. The van der Waals surface area contributed by atoms with Crippen molar-refractivity contribution in [3.05, 3.63) is 98.7 Å². The fourth-order valence-electron chi connectivity index (χ4n) is 3.39. The van der Waals surface area contributed by atoms with Crippen LogP contribution < -0.4 is 11.1 Å². The van der Waals surface area contributed by atoms with Gasteiger partial charge in [-0.15, -0.1) is 0 Å². The molecule has 29 heavy (non-hydrogen) atoms. The number of pyridine rings is 1. The number of nitriles is 1. The van der Waals surface area contributed by atoms with E-state index in [1.807, 2.05) is 66.7 Å². The molecule has 6 heteroatoms. The molecule has 2 aromatic carbocycles. The molecule has 0 amide bonds. The Bertz CT molecular complexity index is 1350. The summed E-state index contributed by atoms with van der Waals surface area (Å²) >= 11 is 0. The minimum Gasteiger partial charge on any atom is -0.325 e. The summed E-state index contributed by atoms with van der Waals surface area (Å²) in [7, 11) is 0. The largest absolute Gasteiger partial charge is 0.325 e. The number of nitrogens with zero attached hydrogens (tertiary/aromatic N) is 2. The highest BCUT2D eigenvalue weighted by Crippen LogP contribution is 2.36. The van der Waals surface area contributed by atoms with Gasteiger partial charge in [-0.3, -0.25) is 9.59 Å². The van der Waals surface area contributed by atoms with Crippen LogP contribution in [-0.2, 0) is 0 Å². The number of aryl methyl sites for hydroxylation is 1. The number of H-pyrrole nitrogens is 2. The monoisotopic (exact) mass is 380 g/mol. The normalized spacial score (nSPS) is 10.5. The van der Waals surface area contributed by atoms with E-state index in [0.29, 0.717) is 17.0 Å². The quantitative estimate of drug-likeness (QED) is 0.566. The van der Waals surface area contributed by atoms with E-state index in [4.69, 9.17) is 0 Å². The van der Waals surface area contributed by atoms with Crippen LogP contribution in [0, 0.1) is 18.3 Å². The highest BCUT2D eigenvalue weighted by atomic mass is 16.1. The standard InChI is InChI=1S/C23H16N4O2/c1-14-12-17(18(13-24)22(28)25-14)20-19(15-8-4-2-5-9-15)21(26-27-23(20)29)16-10-6-3-7-11-16/h2-12H,1H3,(H,25,28)(H,27,29). The third-order valence-electron chi connectivity index (χ3n) is 4.64. The van der Waals surface area contributed by atoms with E-state index in [1.165, 1.54) is 0 Å². The summed E-state index contributed by atoms with van der Waals surface area (Å²) in [6, 6.07) is 22.4. The Labute approximate surface area is 166 Å². The maximum absolute atomic E-state index is 12.9. The number of rotatable bonds is 3. The van der Waals surface area contributed by atoms with Gasteiger partial charge in [0.2, 0.25) is 0 Å². The van der Waals surface area contributed by atoms with Crippen LogP contribution >= 0.6 is 0 Å². The molecule has 2 heterocycles. The van der Waals surface area contributed by atoms with Crippen LogP contribution in [0.2, 0.25) is 0 Å². The van der Waals surface area contributed by atoms with Crippen LogP contribution in [0.1, 0.15) is 11.3 Å². The molecule has 0 saturated heterocycles. The third-order valence-corrected chi connectivity index (χ3v) is 4.64. The molecule has 4 aromatic rings. The first-order valence-electron chi connectivity index (χ1n) is 8.98. The predicted octanol–water partition coefficient (Wildman–Crippen LogP) is 3.64. The third kappa shape index (κ3) is 3.26. The number of aromatic amines is 2. The molecule has 0 aliphatic heterocycles. The molecule has 2 aromatic heterocycles. The summed E-state index contributed by atoms with van der Waals surface area (Å²) in [5.41, 5.74) is 2.69. The first kappa shape index (κ1) is 18.1. The summed E-state index contributed by atoms with van der Waals surface area (Å²) in [5, 5.41) is 16.4. The van der Waals surface area contributed by atoms with Gasteiger partial charge in [-0.1, -0.05) is 60.7 Å². The molecule has 0 saturated carbocycles. The van der Waals surface area contributed by atoms with Gasteiger partial charge in [-0.2, -0.15) is 10.4 Å². The molecule has 140 valence electrons. The second-order valence-electron chi connectivity index (χ2n) is 6.57. The van der Waals surface area contributed by atoms with Gasteiger partial charge < -0.3 is 4.98 Å². The average Bonchev–Trinajstić information content (AvgIpc) is 2.74. The number of aromatic nitrogens is 3. The molecule has 4 rings (SSSR count). The molecule has 0 fully saturated rings. The lowest BCUT2D eigenvalue weighted by Crippen LogP contribution is -2.19. The summed E-state index contributed by atoms with van der Waals surface area (Å²) < 4.78 is 0. The molecular formula is C23H16N4O2. The van der Waals surface area contributed by atoms with Crippen molar-refractivity contribution in [1.29, 1.82) is 5.26 Å². The van der Waals surface area contributed by atoms with Gasteiger partial charge in [-0.25, -0.2) is 5.10 Å². The van der Waals surface area contributed by atoms with E-state index in [9.17, 15) is 14.9 Å². The van der Waals surface area contributed by atoms with Crippen molar-refractivity contribution >= 4 is 0 Å². The lowest BCUT2D eigenvalue weighted by molar-refractivity contribution is 0.998. The number of hydrogen-bond donors (Lipinski definition) is 2. The summed E-state index contributed by atoms with van der Waals surface area (Å²) in [6.07, 6.45) is 0. The van der Waals surface area contributed by atoms with Gasteiger partial charge >= 0.3 is 0 Å². The first-order chi connectivity index (χ1) is 14.1. The Hall–Kier alpha value is -4.24. The summed E-state index contributed by atoms with van der Waals surface area (Å²) in [6.45, 7) is 1.71. The zero-order chi connectivity index (χ0) is 20.4.